The van der Waals surface area contributed by atoms with Gasteiger partial charge in [0.25, 0.3) is 0 Å². The molecule has 0 fully saturated rings. The lowest BCUT2D eigenvalue weighted by Gasteiger charge is -2.29. The Labute approximate surface area is 71.8 Å². The van der Waals surface area contributed by atoms with Crippen LogP contribution in [0.4, 0.5) is 13.2 Å². The van der Waals surface area contributed by atoms with Crippen molar-refractivity contribution in [2.45, 2.75) is 25.9 Å². The molecule has 0 heterocycles. The van der Waals surface area contributed by atoms with Crippen LogP contribution < -0.4 is 0 Å². The fraction of sp³-hybridized carbons (Fsp3) is 1.00. The van der Waals surface area contributed by atoms with Crippen LogP contribution in [-0.2, 0) is 0 Å². The Balaban J connectivity index is 3.75. The maximum atomic E-state index is 11.8. The van der Waals surface area contributed by atoms with Crippen molar-refractivity contribution in [3.05, 3.63) is 0 Å². The summed E-state index contributed by atoms with van der Waals surface area (Å²) in [6.45, 7) is 2.96. The smallest absolute Gasteiger partial charge is 0.328 e. The molecule has 0 saturated carbocycles. The summed E-state index contributed by atoms with van der Waals surface area (Å²) in [6.07, 6.45) is -3.77. The molecule has 4 heteroatoms. The zero-order valence-corrected chi connectivity index (χ0v) is 7.91. The van der Waals surface area contributed by atoms with Crippen LogP contribution in [0, 0.1) is 0 Å². The van der Waals surface area contributed by atoms with Gasteiger partial charge in [0.2, 0.25) is 0 Å². The number of hydrogen-bond donors (Lipinski definition) is 0. The second kappa shape index (κ2) is 4.12. The highest BCUT2D eigenvalue weighted by atomic mass is 19.4. The molecule has 0 aliphatic carbocycles. The van der Waals surface area contributed by atoms with Crippen molar-refractivity contribution in [2.75, 3.05) is 27.2 Å². The van der Waals surface area contributed by atoms with E-state index in [4.69, 9.17) is 0 Å². The van der Waals surface area contributed by atoms with Crippen molar-refractivity contribution in [2.24, 2.45) is 0 Å². The predicted molar refractivity (Wildman–Crippen MR) is 42.8 cm³/mol. The molecule has 0 saturated heterocycles. The van der Waals surface area contributed by atoms with Gasteiger partial charge in [-0.15, -0.1) is 0 Å². The lowest BCUT2D eigenvalue weighted by molar-refractivity contribution is -0.891. The lowest BCUT2D eigenvalue weighted by Crippen LogP contribution is -2.42. The molecule has 0 rings (SSSR count). The van der Waals surface area contributed by atoms with Crippen LogP contribution >= 0.6 is 0 Å². The fourth-order valence-corrected chi connectivity index (χ4v) is 1.15. The van der Waals surface area contributed by atoms with E-state index in [1.165, 1.54) is 0 Å². The molecule has 0 amide bonds. The van der Waals surface area contributed by atoms with Gasteiger partial charge in [-0.3, -0.25) is 0 Å². The minimum absolute atomic E-state index is 0.178. The Hall–Kier alpha value is -0.250. The summed E-state index contributed by atoms with van der Waals surface area (Å²) in [5.41, 5.74) is 0. The maximum Gasteiger partial charge on any atom is 0.394 e. The summed E-state index contributed by atoms with van der Waals surface area (Å²) >= 11 is 0. The van der Waals surface area contributed by atoms with Gasteiger partial charge in [-0.25, -0.2) is 0 Å². The van der Waals surface area contributed by atoms with Crippen LogP contribution in [0.5, 0.6) is 0 Å². The highest BCUT2D eigenvalue weighted by Crippen LogP contribution is 2.20. The van der Waals surface area contributed by atoms with Crippen LogP contribution in [0.25, 0.3) is 0 Å². The Kier molecular flexibility index (Phi) is 4.03. The third-order valence-electron chi connectivity index (χ3n) is 1.83. The van der Waals surface area contributed by atoms with E-state index in [9.17, 15) is 13.2 Å². The predicted octanol–water partition coefficient (Wildman–Crippen LogP) is 2.43. The zero-order chi connectivity index (χ0) is 9.83. The number of nitrogens with zero attached hydrogens (tertiary/aromatic N) is 1. The highest BCUT2D eigenvalue weighted by molar-refractivity contribution is 4.48. The molecule has 0 aromatic carbocycles. The summed E-state index contributed by atoms with van der Waals surface area (Å²) in [7, 11) is 3.66. The normalized spacial score (nSPS) is 13.5. The van der Waals surface area contributed by atoms with Crippen LogP contribution in [0.3, 0.4) is 0 Å². The van der Waals surface area contributed by atoms with Crippen molar-refractivity contribution in [1.29, 1.82) is 0 Å². The van der Waals surface area contributed by atoms with Crippen molar-refractivity contribution in [3.63, 3.8) is 0 Å². The Morgan fingerprint density at radius 1 is 1.08 bits per heavy atom. The average molecular weight is 184 g/mol. The molecule has 0 aliphatic heterocycles. The molecule has 0 N–H and O–H groups in total. The van der Waals surface area contributed by atoms with Gasteiger partial charge in [-0.05, 0) is 6.42 Å². The van der Waals surface area contributed by atoms with Gasteiger partial charge in [0.05, 0.1) is 33.6 Å². The molecule has 0 radical (unpaired) electrons. The van der Waals surface area contributed by atoms with Gasteiger partial charge in [-0.1, -0.05) is 6.92 Å². The molecule has 74 valence electrons. The molecule has 0 atom stereocenters. The second-order valence-corrected chi connectivity index (χ2v) is 3.75. The van der Waals surface area contributed by atoms with E-state index in [0.29, 0.717) is 4.48 Å². The van der Waals surface area contributed by atoms with Crippen molar-refractivity contribution >= 4 is 0 Å². The first-order valence-electron chi connectivity index (χ1n) is 4.15. The first-order valence-corrected chi connectivity index (χ1v) is 4.15. The largest absolute Gasteiger partial charge is 0.394 e. The first-order chi connectivity index (χ1) is 5.27. The van der Waals surface area contributed by atoms with E-state index in [-0.39, 0.29) is 6.54 Å². The van der Waals surface area contributed by atoms with Crippen molar-refractivity contribution in [3.8, 4) is 0 Å². The van der Waals surface area contributed by atoms with Crippen LogP contribution in [0.1, 0.15) is 19.8 Å². The SMILES string of the molecule is CCC[N+](C)(C)CCC(F)(F)F. The first kappa shape index (κ1) is 11.8. The Morgan fingerprint density at radius 3 is 1.92 bits per heavy atom. The molecule has 0 aromatic rings. The van der Waals surface area contributed by atoms with Gasteiger partial charge in [-0.2, -0.15) is 13.2 Å². The second-order valence-electron chi connectivity index (χ2n) is 3.75. The quantitative estimate of drug-likeness (QED) is 0.589. The number of rotatable bonds is 4. The van der Waals surface area contributed by atoms with E-state index in [1.807, 2.05) is 21.0 Å². The molecule has 0 aliphatic rings. The Bertz CT molecular complexity index is 129. The van der Waals surface area contributed by atoms with Crippen LogP contribution in [0.2, 0.25) is 0 Å². The van der Waals surface area contributed by atoms with E-state index < -0.39 is 12.6 Å². The minimum atomic E-state index is -4.01. The van der Waals surface area contributed by atoms with Crippen LogP contribution in [0.15, 0.2) is 0 Å². The minimum Gasteiger partial charge on any atom is -0.328 e. The van der Waals surface area contributed by atoms with E-state index in [0.717, 1.165) is 13.0 Å². The third kappa shape index (κ3) is 6.46. The summed E-state index contributed by atoms with van der Waals surface area (Å²) < 4.78 is 35.9. The lowest BCUT2D eigenvalue weighted by atomic mass is 10.3. The van der Waals surface area contributed by atoms with E-state index in [2.05, 4.69) is 0 Å². The average Bonchev–Trinajstić information content (AvgIpc) is 1.83. The molecule has 0 aromatic heterocycles. The van der Waals surface area contributed by atoms with Gasteiger partial charge in [0.1, 0.15) is 0 Å². The maximum absolute atomic E-state index is 11.8. The zero-order valence-electron chi connectivity index (χ0n) is 7.91. The number of alkyl halides is 3. The van der Waals surface area contributed by atoms with E-state index >= 15 is 0 Å². The van der Waals surface area contributed by atoms with Gasteiger partial charge >= 0.3 is 6.18 Å². The third-order valence-corrected chi connectivity index (χ3v) is 1.83. The molecule has 12 heavy (non-hydrogen) atoms. The van der Waals surface area contributed by atoms with Gasteiger partial charge < -0.3 is 4.48 Å². The molecule has 0 unspecified atom stereocenters. The molecule has 1 nitrogen and oxygen atoms in total. The summed E-state index contributed by atoms with van der Waals surface area (Å²) in [6, 6.07) is 0. The fourth-order valence-electron chi connectivity index (χ4n) is 1.15. The highest BCUT2D eigenvalue weighted by Gasteiger charge is 2.30. The number of hydrogen-bond acceptors (Lipinski definition) is 0. The van der Waals surface area contributed by atoms with Gasteiger partial charge in [0.15, 0.2) is 0 Å². The van der Waals surface area contributed by atoms with Crippen molar-refractivity contribution < 1.29 is 17.7 Å². The summed E-state index contributed by atoms with van der Waals surface area (Å²) in [5, 5.41) is 0. The topological polar surface area (TPSA) is 0 Å². The van der Waals surface area contributed by atoms with Crippen molar-refractivity contribution in [1.82, 2.24) is 0 Å². The van der Waals surface area contributed by atoms with Gasteiger partial charge in [0, 0.05) is 0 Å². The standard InChI is InChI=1S/C8H17F3N/c1-4-6-12(2,3)7-5-8(9,10)11/h4-7H2,1-3H3/q+1. The number of halogens is 3. The summed E-state index contributed by atoms with van der Waals surface area (Å²) in [5.74, 6) is 0. The molecular weight excluding hydrogens is 167 g/mol. The number of quaternary nitrogens is 1. The monoisotopic (exact) mass is 184 g/mol. The molecular formula is C8H17F3N+. The van der Waals surface area contributed by atoms with Crippen LogP contribution in [-0.4, -0.2) is 37.8 Å². The van der Waals surface area contributed by atoms with E-state index in [1.54, 1.807) is 0 Å². The molecule has 0 bridgehead atoms. The Morgan fingerprint density at radius 2 is 1.58 bits per heavy atom. The summed E-state index contributed by atoms with van der Waals surface area (Å²) in [4.78, 5) is 0. The molecule has 0 spiro atoms.